The molecule has 0 atom stereocenters. The second-order valence-electron chi connectivity index (χ2n) is 13.9. The van der Waals surface area contributed by atoms with Crippen LogP contribution in [0.2, 0.25) is 0 Å². The van der Waals surface area contributed by atoms with Crippen LogP contribution in [0.1, 0.15) is 65.6 Å². The maximum absolute atomic E-state index is 16.8. The Bertz CT molecular complexity index is 2210. The highest BCUT2D eigenvalue weighted by atomic mass is 19.1. The van der Waals surface area contributed by atoms with Gasteiger partial charge in [0.25, 0.3) is 5.91 Å². The monoisotopic (exact) mass is 723 g/mol. The lowest BCUT2D eigenvalue weighted by Crippen LogP contribution is -2.49. The average Bonchev–Trinajstić information content (AvgIpc) is 3.86. The fourth-order valence-corrected chi connectivity index (χ4v) is 7.21. The predicted octanol–water partition coefficient (Wildman–Crippen LogP) is 5.91. The van der Waals surface area contributed by atoms with Gasteiger partial charge in [-0.1, -0.05) is 25.1 Å². The van der Waals surface area contributed by atoms with E-state index in [0.717, 1.165) is 22.4 Å². The number of carbonyl (C=O) groups is 2. The molecule has 6 heterocycles. The van der Waals surface area contributed by atoms with Gasteiger partial charge in [0, 0.05) is 86.4 Å². The molecule has 1 saturated heterocycles. The Morgan fingerprint density at radius 3 is 2.49 bits per heavy atom. The molecule has 0 aliphatic carbocycles. The molecule has 0 radical (unpaired) electrons. The van der Waals surface area contributed by atoms with Gasteiger partial charge in [0.1, 0.15) is 11.5 Å². The molecule has 1 aromatic carbocycles. The second-order valence-corrected chi connectivity index (χ2v) is 13.9. The lowest BCUT2D eigenvalue weighted by atomic mass is 9.89. The van der Waals surface area contributed by atoms with Gasteiger partial charge in [0.15, 0.2) is 17.4 Å². The van der Waals surface area contributed by atoms with Crippen molar-refractivity contribution in [2.45, 2.75) is 53.0 Å². The molecule has 7 rings (SSSR count). The van der Waals surface area contributed by atoms with E-state index in [-0.39, 0.29) is 47.6 Å². The Morgan fingerprint density at radius 2 is 1.77 bits per heavy atom. The molecule has 2 aliphatic rings. The molecule has 53 heavy (non-hydrogen) atoms. The number of aromatic amines is 1. The number of carbonyl (C=O) groups excluding carboxylic acids is 2. The van der Waals surface area contributed by atoms with E-state index in [1.54, 1.807) is 39.9 Å². The number of nitrogens with zero attached hydrogens (tertiary/aromatic N) is 8. The van der Waals surface area contributed by atoms with Gasteiger partial charge >= 0.3 is 0 Å². The largest absolute Gasteiger partial charge is 0.493 e. The van der Waals surface area contributed by atoms with Gasteiger partial charge in [-0.05, 0) is 61.1 Å². The molecule has 0 unspecified atom stereocenters. The maximum atomic E-state index is 16.8. The van der Waals surface area contributed by atoms with Gasteiger partial charge < -0.3 is 24.4 Å². The Labute approximate surface area is 306 Å². The Kier molecular flexibility index (Phi) is 9.95. The number of rotatable bonds is 9. The lowest BCUT2D eigenvalue weighted by molar-refractivity contribution is -0.131. The summed E-state index contributed by atoms with van der Waals surface area (Å²) in [6, 6.07) is 6.96. The van der Waals surface area contributed by atoms with Gasteiger partial charge in [0.05, 0.1) is 31.1 Å². The van der Waals surface area contributed by atoms with Crippen molar-refractivity contribution in [3.63, 3.8) is 0 Å². The molecule has 0 spiro atoms. The van der Waals surface area contributed by atoms with Crippen LogP contribution in [-0.4, -0.2) is 97.9 Å². The first kappa shape index (κ1) is 35.7. The van der Waals surface area contributed by atoms with Gasteiger partial charge in [-0.15, -0.1) is 5.10 Å². The highest BCUT2D eigenvalue weighted by Crippen LogP contribution is 2.40. The molecule has 2 aliphatic heterocycles. The summed E-state index contributed by atoms with van der Waals surface area (Å²) in [6.45, 7) is 10.6. The van der Waals surface area contributed by atoms with Gasteiger partial charge in [-0.2, -0.15) is 0 Å². The number of methoxy groups -OCH3 is 1. The van der Waals surface area contributed by atoms with Crippen molar-refractivity contribution in [3.05, 3.63) is 88.8 Å². The summed E-state index contributed by atoms with van der Waals surface area (Å²) in [4.78, 5) is 45.0. The number of anilines is 1. The number of aryl methyl sites for hydroxylation is 3. The van der Waals surface area contributed by atoms with E-state index in [1.807, 2.05) is 30.2 Å². The molecule has 1 N–H and O–H groups in total. The number of H-pyrrole nitrogens is 1. The van der Waals surface area contributed by atoms with Gasteiger partial charge in [-0.25, -0.2) is 13.8 Å². The van der Waals surface area contributed by atoms with Crippen LogP contribution in [0.4, 0.5) is 14.6 Å². The normalized spacial score (nSPS) is 15.0. The third kappa shape index (κ3) is 7.09. The third-order valence-corrected chi connectivity index (χ3v) is 10.1. The zero-order valence-corrected chi connectivity index (χ0v) is 30.6. The molecular weight excluding hydrogens is 680 g/mol. The van der Waals surface area contributed by atoms with E-state index in [0.29, 0.717) is 73.8 Å². The number of fused-ring (bicyclic) bond motifs is 1. The smallest absolute Gasteiger partial charge is 0.270 e. The van der Waals surface area contributed by atoms with Gasteiger partial charge in [0.2, 0.25) is 5.91 Å². The molecule has 5 aromatic rings. The van der Waals surface area contributed by atoms with E-state index in [2.05, 4.69) is 45.2 Å². The van der Waals surface area contributed by atoms with Crippen LogP contribution < -0.4 is 9.64 Å². The standard InChI is InChI=1S/C39H43F2N9O3/c1-23(2)27-17-24(3)42-21-31(27)29-18-28(26-7-6-10-49(22-26)35(51)8-11-50-12-9-43-46-50)36(41)37-30(29)19-33(45-37)39(52)48-15-13-47(14-16-48)38-34(53-5)20-32(40)25(4)44-38/h7,9,12,17-21,23,45H,6,8,10-11,13-16,22H2,1-5H3. The zero-order chi connectivity index (χ0) is 37.4. The maximum Gasteiger partial charge on any atom is 0.270 e. The summed E-state index contributed by atoms with van der Waals surface area (Å²) in [7, 11) is 1.48. The topological polar surface area (TPSA) is 125 Å². The third-order valence-electron chi connectivity index (χ3n) is 10.1. The minimum absolute atomic E-state index is 0.0470. The van der Waals surface area contributed by atoms with E-state index in [1.165, 1.54) is 13.2 Å². The van der Waals surface area contributed by atoms with Crippen molar-refractivity contribution in [1.82, 2.24) is 39.7 Å². The number of aromatic nitrogens is 6. The first-order valence-electron chi connectivity index (χ1n) is 17.9. The number of ether oxygens (including phenoxy) is 1. The minimum atomic E-state index is -0.480. The highest BCUT2D eigenvalue weighted by molar-refractivity contribution is 6.05. The summed E-state index contributed by atoms with van der Waals surface area (Å²) >= 11 is 0. The Balaban J connectivity index is 1.21. The van der Waals surface area contributed by atoms with Crippen molar-refractivity contribution >= 4 is 34.1 Å². The predicted molar refractivity (Wildman–Crippen MR) is 198 cm³/mol. The number of amides is 2. The summed E-state index contributed by atoms with van der Waals surface area (Å²) in [5, 5.41) is 8.33. The van der Waals surface area contributed by atoms with Crippen molar-refractivity contribution in [2.24, 2.45) is 0 Å². The highest BCUT2D eigenvalue weighted by Gasteiger charge is 2.29. The quantitative estimate of drug-likeness (QED) is 0.199. The second kappa shape index (κ2) is 14.8. The first-order chi connectivity index (χ1) is 25.5. The number of pyridine rings is 2. The number of nitrogens with one attached hydrogen (secondary N) is 1. The lowest BCUT2D eigenvalue weighted by Gasteiger charge is -2.35. The number of benzene rings is 1. The number of piperazine rings is 1. The van der Waals surface area contributed by atoms with Crippen molar-refractivity contribution in [1.29, 1.82) is 0 Å². The molecular formula is C39H43F2N9O3. The van der Waals surface area contributed by atoms with Crippen molar-refractivity contribution in [2.75, 3.05) is 51.3 Å². The van der Waals surface area contributed by atoms with Crippen LogP contribution in [0.15, 0.2) is 48.9 Å². The summed E-state index contributed by atoms with van der Waals surface area (Å²) in [5.74, 6) is -0.211. The molecule has 0 saturated carbocycles. The Hall–Kier alpha value is -5.66. The number of hydrogen-bond acceptors (Lipinski definition) is 8. The zero-order valence-electron chi connectivity index (χ0n) is 30.6. The minimum Gasteiger partial charge on any atom is -0.493 e. The molecule has 0 bridgehead atoms. The molecule has 1 fully saturated rings. The first-order valence-corrected chi connectivity index (χ1v) is 17.9. The fraction of sp³-hybridized carbons (Fsp3) is 0.385. The van der Waals surface area contributed by atoms with Crippen LogP contribution in [0.5, 0.6) is 5.75 Å². The van der Waals surface area contributed by atoms with E-state index in [4.69, 9.17) is 4.74 Å². The van der Waals surface area contributed by atoms with Crippen LogP contribution in [0.25, 0.3) is 27.6 Å². The van der Waals surface area contributed by atoms with E-state index >= 15 is 4.39 Å². The SMILES string of the molecule is COc1cc(F)c(C)nc1N1CCN(C(=O)c2cc3c(-c4cnc(C)cc4C(C)C)cc(C4=CCCN(C(=O)CCn5ccnn5)C4)c(F)c3[nH]2)CC1. The number of halogens is 2. The molecule has 14 heteroatoms. The molecule has 4 aromatic heterocycles. The molecule has 276 valence electrons. The average molecular weight is 724 g/mol. The summed E-state index contributed by atoms with van der Waals surface area (Å²) in [5.41, 5.74) is 5.39. The molecule has 2 amide bonds. The van der Waals surface area contributed by atoms with Crippen LogP contribution in [0, 0.1) is 25.5 Å². The van der Waals surface area contributed by atoms with Crippen molar-refractivity contribution in [3.8, 4) is 16.9 Å². The number of hydrogen-bond donors (Lipinski definition) is 1. The Morgan fingerprint density at radius 1 is 0.981 bits per heavy atom. The summed E-state index contributed by atoms with van der Waals surface area (Å²) < 4.78 is 38.0. The van der Waals surface area contributed by atoms with E-state index < -0.39 is 11.6 Å². The van der Waals surface area contributed by atoms with Crippen molar-refractivity contribution < 1.29 is 23.1 Å². The molecule has 12 nitrogen and oxygen atoms in total. The van der Waals surface area contributed by atoms with Crippen LogP contribution in [-0.2, 0) is 11.3 Å². The van der Waals surface area contributed by atoms with Crippen LogP contribution >= 0.6 is 0 Å². The van der Waals surface area contributed by atoms with Gasteiger partial charge in [-0.3, -0.25) is 19.3 Å². The van der Waals surface area contributed by atoms with E-state index in [9.17, 15) is 14.0 Å². The summed E-state index contributed by atoms with van der Waals surface area (Å²) in [6.07, 6.45) is 7.93. The fourth-order valence-electron chi connectivity index (χ4n) is 7.21. The van der Waals surface area contributed by atoms with Crippen LogP contribution in [0.3, 0.4) is 0 Å².